The van der Waals surface area contributed by atoms with Gasteiger partial charge < -0.3 is 15.7 Å². The van der Waals surface area contributed by atoms with E-state index in [9.17, 15) is 10.4 Å². The van der Waals surface area contributed by atoms with Crippen LogP contribution in [-0.2, 0) is 12.5 Å². The predicted octanol–water partition coefficient (Wildman–Crippen LogP) is 2.82. The fourth-order valence-corrected chi connectivity index (χ4v) is 3.52. The minimum atomic E-state index is -0.448. The van der Waals surface area contributed by atoms with E-state index < -0.39 is 5.41 Å². The van der Waals surface area contributed by atoms with Crippen LogP contribution >= 0.6 is 11.6 Å². The fraction of sp³-hybridized carbons (Fsp3) is 0.263. The van der Waals surface area contributed by atoms with Crippen LogP contribution in [0.15, 0.2) is 30.5 Å². The maximum Gasteiger partial charge on any atom is 0.228 e. The summed E-state index contributed by atoms with van der Waals surface area (Å²) < 4.78 is 1.60. The smallest absolute Gasteiger partial charge is 0.228 e. The van der Waals surface area contributed by atoms with E-state index >= 15 is 0 Å². The van der Waals surface area contributed by atoms with E-state index in [1.807, 2.05) is 13.0 Å². The number of benzene rings is 1. The summed E-state index contributed by atoms with van der Waals surface area (Å²) in [5.41, 5.74) is 3.22. The number of nitriles is 1. The molecule has 1 unspecified atom stereocenters. The Morgan fingerprint density at radius 1 is 1.43 bits per heavy atom. The van der Waals surface area contributed by atoms with Crippen molar-refractivity contribution in [1.82, 2.24) is 19.7 Å². The third-order valence-electron chi connectivity index (χ3n) is 4.95. The van der Waals surface area contributed by atoms with E-state index in [2.05, 4.69) is 31.8 Å². The molecule has 0 aliphatic carbocycles. The lowest BCUT2D eigenvalue weighted by molar-refractivity contribution is 0.219. The maximum absolute atomic E-state index is 9.86. The lowest BCUT2D eigenvalue weighted by atomic mass is 9.83. The molecule has 0 bridgehead atoms. The molecule has 1 aromatic carbocycles. The Hall–Kier alpha value is -3.15. The molecule has 0 amide bonds. The SMILES string of the molecule is Cn1nc(Cl)cc1Nc1nccc(-c2cc(C#N)c3c(c2)C(C)(CO)CN3)n1. The zero-order chi connectivity index (χ0) is 19.9. The molecule has 2 aromatic heterocycles. The van der Waals surface area contributed by atoms with Crippen LogP contribution in [0.5, 0.6) is 0 Å². The van der Waals surface area contributed by atoms with Crippen LogP contribution in [0, 0.1) is 11.3 Å². The first-order chi connectivity index (χ1) is 13.4. The van der Waals surface area contributed by atoms with Gasteiger partial charge in [-0.1, -0.05) is 18.5 Å². The molecule has 3 aromatic rings. The molecule has 142 valence electrons. The van der Waals surface area contributed by atoms with Gasteiger partial charge in [0.05, 0.1) is 23.6 Å². The first-order valence-corrected chi connectivity index (χ1v) is 9.04. The van der Waals surface area contributed by atoms with Gasteiger partial charge in [0.1, 0.15) is 11.9 Å². The van der Waals surface area contributed by atoms with Crippen LogP contribution in [0.2, 0.25) is 5.15 Å². The zero-order valence-corrected chi connectivity index (χ0v) is 16.1. The Morgan fingerprint density at radius 2 is 2.25 bits per heavy atom. The highest BCUT2D eigenvalue weighted by Crippen LogP contribution is 2.41. The van der Waals surface area contributed by atoms with E-state index in [1.54, 1.807) is 36.1 Å². The Labute approximate surface area is 166 Å². The average molecular weight is 396 g/mol. The lowest BCUT2D eigenvalue weighted by Gasteiger charge is -2.21. The first kappa shape index (κ1) is 18.2. The highest BCUT2D eigenvalue weighted by molar-refractivity contribution is 6.29. The van der Waals surface area contributed by atoms with Gasteiger partial charge >= 0.3 is 0 Å². The van der Waals surface area contributed by atoms with Crippen LogP contribution in [0.3, 0.4) is 0 Å². The Morgan fingerprint density at radius 3 is 2.93 bits per heavy atom. The molecular weight excluding hydrogens is 378 g/mol. The summed E-state index contributed by atoms with van der Waals surface area (Å²) >= 11 is 5.92. The van der Waals surface area contributed by atoms with Gasteiger partial charge in [0.25, 0.3) is 0 Å². The molecule has 9 heteroatoms. The van der Waals surface area contributed by atoms with Gasteiger partial charge in [0.15, 0.2) is 5.15 Å². The minimum absolute atomic E-state index is 0.0147. The molecule has 4 rings (SSSR count). The van der Waals surface area contributed by atoms with E-state index in [0.29, 0.717) is 34.7 Å². The quantitative estimate of drug-likeness (QED) is 0.622. The van der Waals surface area contributed by atoms with Crippen LogP contribution in [0.25, 0.3) is 11.3 Å². The first-order valence-electron chi connectivity index (χ1n) is 8.67. The molecule has 0 fully saturated rings. The van der Waals surface area contributed by atoms with Gasteiger partial charge in [0, 0.05) is 36.8 Å². The number of aryl methyl sites for hydroxylation is 1. The van der Waals surface area contributed by atoms with Crippen molar-refractivity contribution in [2.45, 2.75) is 12.3 Å². The van der Waals surface area contributed by atoms with E-state index in [1.165, 1.54) is 0 Å². The minimum Gasteiger partial charge on any atom is -0.395 e. The average Bonchev–Trinajstić information content (AvgIpc) is 3.20. The molecule has 3 N–H and O–H groups in total. The monoisotopic (exact) mass is 395 g/mol. The molecule has 0 saturated carbocycles. The Balaban J connectivity index is 1.75. The van der Waals surface area contributed by atoms with E-state index in [0.717, 1.165) is 16.8 Å². The number of aliphatic hydroxyl groups is 1. The molecule has 3 heterocycles. The summed E-state index contributed by atoms with van der Waals surface area (Å²) in [5.74, 6) is 1.05. The van der Waals surface area contributed by atoms with Crippen molar-refractivity contribution in [3.63, 3.8) is 0 Å². The molecule has 1 aliphatic heterocycles. The summed E-state index contributed by atoms with van der Waals surface area (Å²) in [6.07, 6.45) is 1.64. The van der Waals surface area contributed by atoms with Gasteiger partial charge in [-0.2, -0.15) is 10.4 Å². The summed E-state index contributed by atoms with van der Waals surface area (Å²) in [6, 6.07) is 9.46. The van der Waals surface area contributed by atoms with E-state index in [-0.39, 0.29) is 6.61 Å². The highest BCUT2D eigenvalue weighted by Gasteiger charge is 2.35. The third-order valence-corrected chi connectivity index (χ3v) is 5.14. The van der Waals surface area contributed by atoms with Crippen molar-refractivity contribution in [2.75, 3.05) is 23.8 Å². The topological polar surface area (TPSA) is 112 Å². The number of nitrogens with zero attached hydrogens (tertiary/aromatic N) is 5. The van der Waals surface area contributed by atoms with Crippen molar-refractivity contribution in [3.8, 4) is 17.3 Å². The maximum atomic E-state index is 9.86. The van der Waals surface area contributed by atoms with Gasteiger partial charge in [-0.25, -0.2) is 9.97 Å². The number of halogens is 1. The second-order valence-corrected chi connectivity index (χ2v) is 7.38. The molecule has 28 heavy (non-hydrogen) atoms. The second-order valence-electron chi connectivity index (χ2n) is 7.00. The normalized spacial score (nSPS) is 17.7. The van der Waals surface area contributed by atoms with Crippen molar-refractivity contribution in [3.05, 3.63) is 46.7 Å². The summed E-state index contributed by atoms with van der Waals surface area (Å²) in [7, 11) is 1.76. The molecule has 0 saturated heterocycles. The second kappa shape index (κ2) is 6.78. The van der Waals surface area contributed by atoms with Crippen molar-refractivity contribution >= 4 is 29.1 Å². The lowest BCUT2D eigenvalue weighted by Crippen LogP contribution is -2.28. The Bertz CT molecular complexity index is 1100. The third kappa shape index (κ3) is 3.05. The number of anilines is 3. The zero-order valence-electron chi connectivity index (χ0n) is 15.4. The Kier molecular flexibility index (Phi) is 4.41. The van der Waals surface area contributed by atoms with Crippen LogP contribution < -0.4 is 10.6 Å². The number of nitrogens with one attached hydrogen (secondary N) is 2. The van der Waals surface area contributed by atoms with Gasteiger partial charge in [-0.15, -0.1) is 0 Å². The van der Waals surface area contributed by atoms with Gasteiger partial charge in [0.2, 0.25) is 5.95 Å². The van der Waals surface area contributed by atoms with Gasteiger partial charge in [-0.05, 0) is 23.8 Å². The largest absolute Gasteiger partial charge is 0.395 e. The van der Waals surface area contributed by atoms with Crippen LogP contribution in [0.4, 0.5) is 17.5 Å². The predicted molar refractivity (Wildman–Crippen MR) is 107 cm³/mol. The summed E-state index contributed by atoms with van der Waals surface area (Å²) in [4.78, 5) is 8.81. The standard InChI is InChI=1S/C19H18ClN7O/c1-19(10-28)9-23-17-12(8-21)5-11(6-13(17)19)14-3-4-22-18(24-14)25-16-7-15(20)26-27(16)2/h3-7,23,28H,9-10H2,1-2H3,(H,22,24,25). The number of aliphatic hydroxyl groups excluding tert-OH is 1. The highest BCUT2D eigenvalue weighted by atomic mass is 35.5. The number of hydrogen-bond acceptors (Lipinski definition) is 7. The van der Waals surface area contributed by atoms with Crippen molar-refractivity contribution in [2.24, 2.45) is 7.05 Å². The van der Waals surface area contributed by atoms with Crippen molar-refractivity contribution in [1.29, 1.82) is 5.26 Å². The number of hydrogen-bond donors (Lipinski definition) is 3. The number of fused-ring (bicyclic) bond motifs is 1. The molecular formula is C19H18ClN7O. The number of aromatic nitrogens is 4. The van der Waals surface area contributed by atoms with Crippen LogP contribution in [0.1, 0.15) is 18.1 Å². The molecule has 1 aliphatic rings. The van der Waals surface area contributed by atoms with E-state index in [4.69, 9.17) is 11.6 Å². The molecule has 0 spiro atoms. The molecule has 8 nitrogen and oxygen atoms in total. The number of rotatable bonds is 4. The molecule has 0 radical (unpaired) electrons. The summed E-state index contributed by atoms with van der Waals surface area (Å²) in [6.45, 7) is 2.53. The van der Waals surface area contributed by atoms with Gasteiger partial charge in [-0.3, -0.25) is 4.68 Å². The fourth-order valence-electron chi connectivity index (χ4n) is 3.31. The summed E-state index contributed by atoms with van der Waals surface area (Å²) in [5, 5.41) is 30.2. The van der Waals surface area contributed by atoms with Crippen LogP contribution in [-0.4, -0.2) is 38.0 Å². The van der Waals surface area contributed by atoms with Crippen molar-refractivity contribution < 1.29 is 5.11 Å². The molecule has 1 atom stereocenters.